The van der Waals surface area contributed by atoms with Crippen molar-refractivity contribution in [3.8, 4) is 5.75 Å². The lowest BCUT2D eigenvalue weighted by Gasteiger charge is -2.30. The number of aryl methyl sites for hydroxylation is 1. The molecule has 0 saturated carbocycles. The summed E-state index contributed by atoms with van der Waals surface area (Å²) < 4.78 is 5.92. The van der Waals surface area contributed by atoms with Crippen molar-refractivity contribution in [3.05, 3.63) is 99.5 Å². The maximum absolute atomic E-state index is 11.8. The van der Waals surface area contributed by atoms with Crippen molar-refractivity contribution in [3.63, 3.8) is 0 Å². The summed E-state index contributed by atoms with van der Waals surface area (Å²) in [6.07, 6.45) is 1.23. The Morgan fingerprint density at radius 1 is 0.781 bits per heavy atom. The Morgan fingerprint density at radius 2 is 1.28 bits per heavy atom. The lowest BCUT2D eigenvalue weighted by atomic mass is 9.81. The summed E-state index contributed by atoms with van der Waals surface area (Å²) in [5, 5.41) is 13.2. The number of nitrogens with zero attached hydrogens (tertiary/aromatic N) is 1. The third-order valence-electron chi connectivity index (χ3n) is 5.91. The summed E-state index contributed by atoms with van der Waals surface area (Å²) in [6, 6.07) is 22.9. The molecular formula is C27H31Cl2NO2. The van der Waals surface area contributed by atoms with Gasteiger partial charge in [-0.1, -0.05) is 73.4 Å². The molecule has 1 atom stereocenters. The smallest absolute Gasteiger partial charge is 0.119 e. The average molecular weight is 472 g/mol. The fourth-order valence-corrected chi connectivity index (χ4v) is 4.07. The Morgan fingerprint density at radius 3 is 1.81 bits per heavy atom. The maximum Gasteiger partial charge on any atom is 0.119 e. The van der Waals surface area contributed by atoms with Gasteiger partial charge in [0.05, 0.1) is 0 Å². The van der Waals surface area contributed by atoms with E-state index in [1.165, 1.54) is 0 Å². The van der Waals surface area contributed by atoms with Gasteiger partial charge in [0.15, 0.2) is 0 Å². The highest BCUT2D eigenvalue weighted by molar-refractivity contribution is 6.30. The summed E-state index contributed by atoms with van der Waals surface area (Å²) in [5.41, 5.74) is 1.61. The molecule has 1 unspecified atom stereocenters. The predicted octanol–water partition coefficient (Wildman–Crippen LogP) is 6.58. The molecule has 0 amide bonds. The van der Waals surface area contributed by atoms with E-state index in [0.29, 0.717) is 29.5 Å². The van der Waals surface area contributed by atoms with Gasteiger partial charge in [0.25, 0.3) is 0 Å². The highest BCUT2D eigenvalue weighted by atomic mass is 35.5. The summed E-state index contributed by atoms with van der Waals surface area (Å²) in [4.78, 5) is 2.32. The maximum atomic E-state index is 11.8. The van der Waals surface area contributed by atoms with Crippen molar-refractivity contribution in [1.82, 2.24) is 4.90 Å². The molecule has 170 valence electrons. The van der Waals surface area contributed by atoms with E-state index in [2.05, 4.69) is 18.7 Å². The first-order valence-electron chi connectivity index (χ1n) is 11.1. The van der Waals surface area contributed by atoms with Crippen molar-refractivity contribution in [2.75, 3.05) is 26.2 Å². The van der Waals surface area contributed by atoms with Crippen LogP contribution < -0.4 is 4.74 Å². The van der Waals surface area contributed by atoms with E-state index >= 15 is 0 Å². The molecule has 3 aromatic rings. The number of hydrogen-bond donors (Lipinski definition) is 1. The fourth-order valence-electron chi connectivity index (χ4n) is 3.82. The zero-order valence-corrected chi connectivity index (χ0v) is 20.2. The third-order valence-corrected chi connectivity index (χ3v) is 6.42. The number of rotatable bonds is 11. The Bertz CT molecular complexity index is 954. The summed E-state index contributed by atoms with van der Waals surface area (Å²) >= 11 is 12.1. The molecule has 0 fully saturated rings. The van der Waals surface area contributed by atoms with E-state index in [1.807, 2.05) is 72.8 Å². The van der Waals surface area contributed by atoms with Crippen LogP contribution in [0.2, 0.25) is 10.0 Å². The highest BCUT2D eigenvalue weighted by Gasteiger charge is 2.31. The first-order chi connectivity index (χ1) is 15.4. The van der Waals surface area contributed by atoms with Gasteiger partial charge in [0, 0.05) is 16.6 Å². The zero-order chi connectivity index (χ0) is 23.0. The van der Waals surface area contributed by atoms with Crippen molar-refractivity contribution < 1.29 is 9.84 Å². The highest BCUT2D eigenvalue weighted by Crippen LogP contribution is 2.36. The minimum Gasteiger partial charge on any atom is -0.492 e. The third kappa shape index (κ3) is 6.49. The Kier molecular flexibility index (Phi) is 9.01. The molecule has 0 aliphatic carbocycles. The van der Waals surface area contributed by atoms with E-state index in [0.717, 1.165) is 42.1 Å². The van der Waals surface area contributed by atoms with Crippen LogP contribution in [-0.2, 0) is 12.0 Å². The number of benzene rings is 3. The fraction of sp³-hybridized carbons (Fsp3) is 0.333. The molecule has 3 nitrogen and oxygen atoms in total. The zero-order valence-electron chi connectivity index (χ0n) is 18.7. The predicted molar refractivity (Wildman–Crippen MR) is 134 cm³/mol. The van der Waals surface area contributed by atoms with Crippen LogP contribution >= 0.6 is 23.2 Å². The number of hydrogen-bond acceptors (Lipinski definition) is 3. The molecule has 0 aromatic heterocycles. The standard InChI is InChI=1S/C27H31Cl2NO2/c1-3-30(4-2)19-20-32-26-15-9-23(10-16-26)27(31,22-7-13-25(29)14-8-22)18-17-21-5-11-24(28)12-6-21/h5-16,31H,3-4,17-20H2,1-2H3. The Labute approximate surface area is 201 Å². The molecule has 0 aliphatic rings. The topological polar surface area (TPSA) is 32.7 Å². The summed E-state index contributed by atoms with van der Waals surface area (Å²) in [7, 11) is 0. The Hall–Kier alpha value is -2.04. The van der Waals surface area contributed by atoms with Gasteiger partial charge < -0.3 is 14.7 Å². The van der Waals surface area contributed by atoms with Gasteiger partial charge in [0.1, 0.15) is 18.0 Å². The van der Waals surface area contributed by atoms with Crippen molar-refractivity contribution >= 4 is 23.2 Å². The minimum absolute atomic E-state index is 0.526. The molecule has 3 aromatic carbocycles. The first-order valence-corrected chi connectivity index (χ1v) is 11.9. The molecule has 0 radical (unpaired) electrons. The quantitative estimate of drug-likeness (QED) is 0.342. The second-order valence-corrected chi connectivity index (χ2v) is 8.77. The molecule has 1 N–H and O–H groups in total. The molecule has 0 aliphatic heterocycles. The second-order valence-electron chi connectivity index (χ2n) is 7.89. The van der Waals surface area contributed by atoms with E-state index in [9.17, 15) is 5.11 Å². The van der Waals surface area contributed by atoms with Crippen molar-refractivity contribution in [2.45, 2.75) is 32.3 Å². The molecule has 0 heterocycles. The van der Waals surface area contributed by atoms with E-state index in [1.54, 1.807) is 0 Å². The van der Waals surface area contributed by atoms with Crippen molar-refractivity contribution in [2.24, 2.45) is 0 Å². The normalized spacial score (nSPS) is 13.2. The van der Waals surface area contributed by atoms with E-state index < -0.39 is 5.60 Å². The molecule has 5 heteroatoms. The molecule has 0 saturated heterocycles. The molecule has 0 bridgehead atoms. The summed E-state index contributed by atoms with van der Waals surface area (Å²) in [5.74, 6) is 0.803. The SMILES string of the molecule is CCN(CC)CCOc1ccc(C(O)(CCc2ccc(Cl)cc2)c2ccc(Cl)cc2)cc1. The number of ether oxygens (including phenoxy) is 1. The molecule has 0 spiro atoms. The lowest BCUT2D eigenvalue weighted by molar-refractivity contribution is 0.0712. The number of likely N-dealkylation sites (N-methyl/N-ethyl adjacent to an activating group) is 1. The lowest BCUT2D eigenvalue weighted by Crippen LogP contribution is -2.28. The van der Waals surface area contributed by atoms with Crippen LogP contribution in [0.25, 0.3) is 0 Å². The Balaban J connectivity index is 1.78. The van der Waals surface area contributed by atoms with Gasteiger partial charge in [-0.25, -0.2) is 0 Å². The van der Waals surface area contributed by atoms with Crippen molar-refractivity contribution in [1.29, 1.82) is 0 Å². The largest absolute Gasteiger partial charge is 0.492 e. The van der Waals surface area contributed by atoms with Gasteiger partial charge in [-0.3, -0.25) is 0 Å². The van der Waals surface area contributed by atoms with Crippen LogP contribution in [0.3, 0.4) is 0 Å². The first kappa shape index (κ1) is 24.6. The van der Waals surface area contributed by atoms with Gasteiger partial charge in [-0.15, -0.1) is 0 Å². The van der Waals surface area contributed by atoms with Crippen LogP contribution in [0.15, 0.2) is 72.8 Å². The van der Waals surface area contributed by atoms with Gasteiger partial charge in [0.2, 0.25) is 0 Å². The van der Waals surface area contributed by atoms with Crippen LogP contribution in [0.4, 0.5) is 0 Å². The number of halogens is 2. The van der Waals surface area contributed by atoms with Gasteiger partial charge >= 0.3 is 0 Å². The average Bonchev–Trinajstić information content (AvgIpc) is 2.82. The molecule has 3 rings (SSSR count). The monoisotopic (exact) mass is 471 g/mol. The van der Waals surface area contributed by atoms with Crippen LogP contribution in [0, 0.1) is 0 Å². The summed E-state index contributed by atoms with van der Waals surface area (Å²) in [6.45, 7) is 7.87. The second kappa shape index (κ2) is 11.7. The minimum atomic E-state index is -1.15. The molecule has 32 heavy (non-hydrogen) atoms. The van der Waals surface area contributed by atoms with Crippen LogP contribution in [0.5, 0.6) is 5.75 Å². The number of aliphatic hydroxyl groups is 1. The van der Waals surface area contributed by atoms with Gasteiger partial charge in [-0.2, -0.15) is 0 Å². The van der Waals surface area contributed by atoms with E-state index in [-0.39, 0.29) is 0 Å². The van der Waals surface area contributed by atoms with Gasteiger partial charge in [-0.05, 0) is 79.0 Å². The van der Waals surface area contributed by atoms with E-state index in [4.69, 9.17) is 27.9 Å². The van der Waals surface area contributed by atoms with Crippen LogP contribution in [-0.4, -0.2) is 36.2 Å². The molecular weight excluding hydrogens is 441 g/mol. The van der Waals surface area contributed by atoms with Crippen LogP contribution in [0.1, 0.15) is 37.0 Å².